The highest BCUT2D eigenvalue weighted by Gasteiger charge is 2.41. The Kier molecular flexibility index (Phi) is 4.77. The number of carbonyl (C=O) groups excluding carboxylic acids is 1. The number of halogens is 3. The van der Waals surface area contributed by atoms with E-state index < -0.39 is 23.3 Å². The van der Waals surface area contributed by atoms with E-state index in [1.165, 1.54) is 6.07 Å². The highest BCUT2D eigenvalue weighted by Crippen LogP contribution is 2.27. The van der Waals surface area contributed by atoms with Crippen LogP contribution in [0.2, 0.25) is 0 Å². The Morgan fingerprint density at radius 3 is 2.36 bits per heavy atom. The first-order valence-electron chi connectivity index (χ1n) is 6.07. The van der Waals surface area contributed by atoms with Crippen LogP contribution in [0.1, 0.15) is 4.88 Å². The zero-order chi connectivity index (χ0) is 16.2. The Bertz CT molecular complexity index is 704. The van der Waals surface area contributed by atoms with Gasteiger partial charge in [-0.1, -0.05) is 24.3 Å². The Morgan fingerprint density at radius 1 is 1.14 bits per heavy atom. The van der Waals surface area contributed by atoms with Gasteiger partial charge in [0, 0.05) is 6.21 Å². The molecule has 0 bridgehead atoms. The number of nitrogens with zero attached hydrogens (tertiary/aromatic N) is 1. The number of allylic oxidation sites excluding steroid dienone is 1. The van der Waals surface area contributed by atoms with E-state index in [0.717, 1.165) is 17.6 Å². The molecule has 0 unspecified atom stereocenters. The van der Waals surface area contributed by atoms with Crippen molar-refractivity contribution in [3.63, 3.8) is 0 Å². The molecule has 0 amide bonds. The van der Waals surface area contributed by atoms with E-state index in [-0.39, 0.29) is 4.88 Å². The third-order valence-electron chi connectivity index (χ3n) is 2.61. The predicted molar refractivity (Wildman–Crippen MR) is 79.5 cm³/mol. The van der Waals surface area contributed by atoms with Crippen LogP contribution in [0.3, 0.4) is 0 Å². The van der Waals surface area contributed by atoms with Crippen LogP contribution in [-0.2, 0) is 4.79 Å². The van der Waals surface area contributed by atoms with Gasteiger partial charge in [0.1, 0.15) is 5.76 Å². The summed E-state index contributed by atoms with van der Waals surface area (Å²) >= 11 is 1.02. The second kappa shape index (κ2) is 6.57. The number of ketones is 1. The SMILES string of the molecule is O=C(/C(C=Nc1ccccc1)=C(/O)c1cccs1)C(F)(F)F. The number of aliphatic hydroxyl groups excluding tert-OH is 1. The van der Waals surface area contributed by atoms with Gasteiger partial charge in [0.2, 0.25) is 0 Å². The highest BCUT2D eigenvalue weighted by atomic mass is 32.1. The minimum Gasteiger partial charge on any atom is -0.506 e. The van der Waals surface area contributed by atoms with Gasteiger partial charge in [0.05, 0.1) is 16.1 Å². The minimum atomic E-state index is -5.09. The molecule has 0 fully saturated rings. The average Bonchev–Trinajstić information content (AvgIpc) is 3.01. The average molecular weight is 325 g/mol. The number of alkyl halides is 3. The molecule has 0 radical (unpaired) electrons. The van der Waals surface area contributed by atoms with Gasteiger partial charge in [-0.05, 0) is 23.6 Å². The van der Waals surface area contributed by atoms with Crippen molar-refractivity contribution in [1.82, 2.24) is 0 Å². The standard InChI is InChI=1S/C15H10F3NO2S/c16-15(17,18)14(21)11(13(20)12-7-4-8-22-12)9-19-10-5-2-1-3-6-10/h1-9,20H/b13-11+,19-9?. The Balaban J connectivity index is 2.45. The van der Waals surface area contributed by atoms with Gasteiger partial charge in [-0.25, -0.2) is 0 Å². The molecule has 0 spiro atoms. The summed E-state index contributed by atoms with van der Waals surface area (Å²) in [5.74, 6) is -2.88. The summed E-state index contributed by atoms with van der Waals surface area (Å²) in [5, 5.41) is 11.5. The van der Waals surface area contributed by atoms with Crippen molar-refractivity contribution in [3.8, 4) is 0 Å². The summed E-state index contributed by atoms with van der Waals surface area (Å²) in [7, 11) is 0. The highest BCUT2D eigenvalue weighted by molar-refractivity contribution is 7.11. The molecular weight excluding hydrogens is 315 g/mol. The summed E-state index contributed by atoms with van der Waals surface area (Å²) < 4.78 is 38.0. The van der Waals surface area contributed by atoms with Gasteiger partial charge in [-0.15, -0.1) is 11.3 Å². The van der Waals surface area contributed by atoms with Crippen LogP contribution < -0.4 is 0 Å². The van der Waals surface area contributed by atoms with Crippen LogP contribution in [-0.4, -0.2) is 23.3 Å². The number of benzene rings is 1. The summed E-state index contributed by atoms with van der Waals surface area (Å²) in [6.45, 7) is 0. The van der Waals surface area contributed by atoms with E-state index in [0.29, 0.717) is 5.69 Å². The molecule has 1 aromatic carbocycles. The Hall–Kier alpha value is -2.41. The van der Waals surface area contributed by atoms with Gasteiger partial charge < -0.3 is 5.11 Å². The van der Waals surface area contributed by atoms with Crippen LogP contribution in [0.25, 0.3) is 5.76 Å². The number of para-hydroxylation sites is 1. The van der Waals surface area contributed by atoms with E-state index in [9.17, 15) is 23.1 Å². The molecule has 2 aromatic rings. The molecule has 2 rings (SSSR count). The number of hydrogen-bond acceptors (Lipinski definition) is 4. The zero-order valence-corrected chi connectivity index (χ0v) is 11.9. The first-order valence-corrected chi connectivity index (χ1v) is 6.95. The molecule has 7 heteroatoms. The molecule has 0 aliphatic heterocycles. The number of aliphatic imine (C=N–C) groups is 1. The lowest BCUT2D eigenvalue weighted by Crippen LogP contribution is -2.26. The molecule has 3 nitrogen and oxygen atoms in total. The molecule has 0 aliphatic carbocycles. The van der Waals surface area contributed by atoms with Gasteiger partial charge in [-0.3, -0.25) is 9.79 Å². The van der Waals surface area contributed by atoms with Crippen molar-refractivity contribution < 1.29 is 23.1 Å². The molecule has 1 heterocycles. The predicted octanol–water partition coefficient (Wildman–Crippen LogP) is 4.55. The number of carbonyl (C=O) groups is 1. The number of hydrogen-bond donors (Lipinski definition) is 1. The molecular formula is C15H10F3NO2S. The van der Waals surface area contributed by atoms with Crippen molar-refractivity contribution in [2.24, 2.45) is 4.99 Å². The molecule has 1 N–H and O–H groups in total. The van der Waals surface area contributed by atoms with E-state index >= 15 is 0 Å². The maximum Gasteiger partial charge on any atom is 0.455 e. The number of aliphatic hydroxyl groups is 1. The zero-order valence-electron chi connectivity index (χ0n) is 11.0. The summed E-state index contributed by atoms with van der Waals surface area (Å²) in [6.07, 6.45) is -4.36. The fourth-order valence-corrected chi connectivity index (χ4v) is 2.26. The molecule has 0 saturated heterocycles. The molecule has 0 atom stereocenters. The molecule has 114 valence electrons. The lowest BCUT2D eigenvalue weighted by atomic mass is 10.1. The summed E-state index contributed by atoms with van der Waals surface area (Å²) in [5.41, 5.74) is -0.521. The monoisotopic (exact) mass is 325 g/mol. The van der Waals surface area contributed by atoms with Gasteiger partial charge >= 0.3 is 6.18 Å². The van der Waals surface area contributed by atoms with Crippen molar-refractivity contribution in [1.29, 1.82) is 0 Å². The van der Waals surface area contributed by atoms with Crippen LogP contribution in [0.4, 0.5) is 18.9 Å². The lowest BCUT2D eigenvalue weighted by Gasteiger charge is -2.07. The van der Waals surface area contributed by atoms with Gasteiger partial charge in [0.15, 0.2) is 0 Å². The quantitative estimate of drug-likeness (QED) is 0.509. The second-order valence-corrected chi connectivity index (χ2v) is 5.11. The topological polar surface area (TPSA) is 49.7 Å². The molecule has 0 saturated carbocycles. The summed E-state index contributed by atoms with van der Waals surface area (Å²) in [6, 6.07) is 11.1. The Morgan fingerprint density at radius 2 is 1.82 bits per heavy atom. The second-order valence-electron chi connectivity index (χ2n) is 4.16. The van der Waals surface area contributed by atoms with Crippen LogP contribution >= 0.6 is 11.3 Å². The van der Waals surface area contributed by atoms with Crippen LogP contribution in [0, 0.1) is 0 Å². The fraction of sp³-hybridized carbons (Fsp3) is 0.0667. The fourth-order valence-electron chi connectivity index (χ4n) is 1.58. The first kappa shape index (κ1) is 16.0. The van der Waals surface area contributed by atoms with Crippen LogP contribution in [0.5, 0.6) is 0 Å². The van der Waals surface area contributed by atoms with Crippen molar-refractivity contribution >= 4 is 34.8 Å². The normalized spacial score (nSPS) is 13.2. The Labute approximate surface area is 128 Å². The smallest absolute Gasteiger partial charge is 0.455 e. The number of thiophene rings is 1. The number of rotatable bonds is 4. The molecule has 0 aliphatic rings. The number of Topliss-reactive ketones (excluding diaryl/α,β-unsaturated/α-hetero) is 1. The maximum absolute atomic E-state index is 12.7. The molecule has 1 aromatic heterocycles. The van der Waals surface area contributed by atoms with E-state index in [1.54, 1.807) is 41.8 Å². The summed E-state index contributed by atoms with van der Waals surface area (Å²) in [4.78, 5) is 15.5. The largest absolute Gasteiger partial charge is 0.506 e. The van der Waals surface area contributed by atoms with E-state index in [4.69, 9.17) is 0 Å². The van der Waals surface area contributed by atoms with E-state index in [2.05, 4.69) is 4.99 Å². The van der Waals surface area contributed by atoms with E-state index in [1.807, 2.05) is 0 Å². The minimum absolute atomic E-state index is 0.159. The molecule has 22 heavy (non-hydrogen) atoms. The van der Waals surface area contributed by atoms with Crippen molar-refractivity contribution in [2.45, 2.75) is 6.18 Å². The third-order valence-corrected chi connectivity index (χ3v) is 3.49. The third kappa shape index (κ3) is 3.82. The maximum atomic E-state index is 12.7. The van der Waals surface area contributed by atoms with Gasteiger partial charge in [-0.2, -0.15) is 13.2 Å². The van der Waals surface area contributed by atoms with Crippen molar-refractivity contribution in [2.75, 3.05) is 0 Å². The first-order chi connectivity index (χ1) is 10.4. The van der Waals surface area contributed by atoms with Gasteiger partial charge in [0.25, 0.3) is 5.78 Å². The lowest BCUT2D eigenvalue weighted by molar-refractivity contribution is -0.165. The van der Waals surface area contributed by atoms with Crippen LogP contribution in [0.15, 0.2) is 58.4 Å². The van der Waals surface area contributed by atoms with Crippen molar-refractivity contribution in [3.05, 3.63) is 58.3 Å².